The number of ether oxygens (including phenoxy) is 1. The number of hydrogen-bond donors (Lipinski definition) is 4. The summed E-state index contributed by atoms with van der Waals surface area (Å²) in [5.41, 5.74) is 8.69. The van der Waals surface area contributed by atoms with Crippen LogP contribution in [0.15, 0.2) is 23.4 Å². The molecular weight excluding hydrogens is 418 g/mol. The molecule has 1 amide bonds. The summed E-state index contributed by atoms with van der Waals surface area (Å²) in [7, 11) is 1.63. The fourth-order valence-electron chi connectivity index (χ4n) is 3.30. The molecule has 1 aromatic carbocycles. The molecule has 3 aromatic rings. The van der Waals surface area contributed by atoms with Crippen molar-refractivity contribution in [2.24, 2.45) is 0 Å². The van der Waals surface area contributed by atoms with Crippen molar-refractivity contribution >= 4 is 57.8 Å². The number of fused-ring (bicyclic) bond motifs is 3. The molecule has 0 bridgehead atoms. The van der Waals surface area contributed by atoms with Crippen LogP contribution in [0.1, 0.15) is 37.1 Å². The van der Waals surface area contributed by atoms with E-state index in [1.165, 1.54) is 23.3 Å². The maximum absolute atomic E-state index is 9.50. The summed E-state index contributed by atoms with van der Waals surface area (Å²) in [6.07, 6.45) is 7.02. The summed E-state index contributed by atoms with van der Waals surface area (Å²) in [5, 5.41) is 7.06. The number of carbonyl (C=O) groups is 1. The van der Waals surface area contributed by atoms with Crippen LogP contribution < -0.4 is 21.1 Å². The summed E-state index contributed by atoms with van der Waals surface area (Å²) in [6.45, 7) is 3.82. The number of carbonyl (C=O) groups excluding carboxylic acids is 1. The van der Waals surface area contributed by atoms with Crippen LogP contribution in [0.5, 0.6) is 5.75 Å². The second-order valence-electron chi connectivity index (χ2n) is 7.29. The Morgan fingerprint density at radius 2 is 2.03 bits per heavy atom. The number of nitrogens with zero attached hydrogens (tertiary/aromatic N) is 2. The van der Waals surface area contributed by atoms with Crippen molar-refractivity contribution in [3.05, 3.63) is 28.9 Å². The van der Waals surface area contributed by atoms with Gasteiger partial charge >= 0.3 is 0 Å². The minimum atomic E-state index is 0.280. The highest BCUT2D eigenvalue weighted by atomic mass is 32.1. The topological polar surface area (TPSA) is 102 Å². The third-order valence-corrected chi connectivity index (χ3v) is 6.34. The Morgan fingerprint density at radius 3 is 2.70 bits per heavy atom. The van der Waals surface area contributed by atoms with Crippen molar-refractivity contribution in [3.8, 4) is 5.75 Å². The van der Waals surface area contributed by atoms with Crippen LogP contribution in [0.3, 0.4) is 0 Å². The number of amides is 1. The molecule has 2 aromatic heterocycles. The third kappa shape index (κ3) is 4.96. The molecule has 0 unspecified atom stereocenters. The number of nitrogens with two attached hydrogens (primary N) is 1. The highest BCUT2D eigenvalue weighted by molar-refractivity contribution is 7.80. The second kappa shape index (κ2) is 9.99. The van der Waals surface area contributed by atoms with Crippen molar-refractivity contribution in [2.45, 2.75) is 50.5 Å². The van der Waals surface area contributed by atoms with Crippen LogP contribution in [-0.4, -0.2) is 29.5 Å². The standard InChI is InChI=1S/C17H18N4OS2.C4H9NO/c1-22-12-6-10(18)13(23)7-11(12)21-16-15-9-4-2-3-5-14(9)24-17(15)20-8-19-16;1-4(2)5-3-6/h6-8,23H,2-5,18H2,1H3,(H,19,20,21);3-4H,1-2H3,(H,5,6). The smallest absolute Gasteiger partial charge is 0.207 e. The zero-order valence-electron chi connectivity index (χ0n) is 17.4. The Morgan fingerprint density at radius 1 is 1.27 bits per heavy atom. The van der Waals surface area contributed by atoms with Gasteiger partial charge in [0.1, 0.15) is 22.7 Å². The minimum Gasteiger partial charge on any atom is -0.494 e. The zero-order chi connectivity index (χ0) is 21.7. The number of hydrogen-bond acceptors (Lipinski definition) is 8. The van der Waals surface area contributed by atoms with Crippen LogP contribution in [-0.2, 0) is 17.6 Å². The van der Waals surface area contributed by atoms with Gasteiger partial charge in [0, 0.05) is 27.6 Å². The summed E-state index contributed by atoms with van der Waals surface area (Å²) >= 11 is 6.19. The molecule has 2 heterocycles. The van der Waals surface area contributed by atoms with Crippen LogP contribution >= 0.6 is 24.0 Å². The fourth-order valence-corrected chi connectivity index (χ4v) is 4.72. The fraction of sp³-hybridized carbons (Fsp3) is 0.381. The van der Waals surface area contributed by atoms with E-state index in [0.717, 1.165) is 34.6 Å². The summed E-state index contributed by atoms with van der Waals surface area (Å²) < 4.78 is 5.44. The van der Waals surface area contributed by atoms with E-state index in [0.29, 0.717) is 22.7 Å². The molecule has 0 radical (unpaired) electrons. The molecule has 0 saturated heterocycles. The van der Waals surface area contributed by atoms with Crippen LogP contribution in [0.25, 0.3) is 10.2 Å². The number of methoxy groups -OCH3 is 1. The lowest BCUT2D eigenvalue weighted by atomic mass is 9.97. The van der Waals surface area contributed by atoms with Crippen molar-refractivity contribution in [2.75, 3.05) is 18.2 Å². The molecule has 0 fully saturated rings. The molecule has 4 rings (SSSR count). The van der Waals surface area contributed by atoms with Crippen molar-refractivity contribution < 1.29 is 9.53 Å². The lowest BCUT2D eigenvalue weighted by Crippen LogP contribution is -2.19. The van der Waals surface area contributed by atoms with E-state index in [-0.39, 0.29) is 6.04 Å². The van der Waals surface area contributed by atoms with Gasteiger partial charge < -0.3 is 21.1 Å². The first-order chi connectivity index (χ1) is 14.4. The van der Waals surface area contributed by atoms with Gasteiger partial charge in [-0.25, -0.2) is 9.97 Å². The summed E-state index contributed by atoms with van der Waals surface area (Å²) in [4.78, 5) is 21.6. The number of anilines is 3. The van der Waals surface area contributed by atoms with Gasteiger partial charge in [-0.05, 0) is 51.2 Å². The highest BCUT2D eigenvalue weighted by Gasteiger charge is 2.20. The third-order valence-electron chi connectivity index (χ3n) is 4.75. The number of nitrogen functional groups attached to an aromatic ring is 1. The Hall–Kier alpha value is -2.52. The lowest BCUT2D eigenvalue weighted by Gasteiger charge is -2.15. The Labute approximate surface area is 185 Å². The van der Waals surface area contributed by atoms with Gasteiger partial charge in [-0.1, -0.05) is 0 Å². The molecular formula is C21H27N5O2S2. The first-order valence-corrected chi connectivity index (χ1v) is 11.1. The molecule has 9 heteroatoms. The maximum atomic E-state index is 9.50. The molecule has 1 aliphatic carbocycles. The average molecular weight is 446 g/mol. The quantitative estimate of drug-likeness (QED) is 0.265. The predicted molar refractivity (Wildman–Crippen MR) is 126 cm³/mol. The van der Waals surface area contributed by atoms with E-state index in [2.05, 4.69) is 33.2 Å². The van der Waals surface area contributed by atoms with E-state index < -0.39 is 0 Å². The summed E-state index contributed by atoms with van der Waals surface area (Å²) in [5.74, 6) is 1.48. The molecule has 7 nitrogen and oxygen atoms in total. The monoisotopic (exact) mass is 445 g/mol. The number of thiol groups is 1. The number of nitrogens with one attached hydrogen (secondary N) is 2. The Balaban J connectivity index is 0.000000377. The lowest BCUT2D eigenvalue weighted by molar-refractivity contribution is -0.109. The second-order valence-corrected chi connectivity index (χ2v) is 8.85. The summed E-state index contributed by atoms with van der Waals surface area (Å²) in [6, 6.07) is 3.92. The van der Waals surface area contributed by atoms with Gasteiger partial charge in [0.15, 0.2) is 0 Å². The molecule has 4 N–H and O–H groups in total. The predicted octanol–water partition coefficient (Wildman–Crippen LogP) is 4.33. The van der Waals surface area contributed by atoms with Gasteiger partial charge in [-0.15, -0.1) is 24.0 Å². The van der Waals surface area contributed by atoms with E-state index >= 15 is 0 Å². The maximum Gasteiger partial charge on any atom is 0.207 e. The highest BCUT2D eigenvalue weighted by Crippen LogP contribution is 2.40. The molecule has 0 aliphatic heterocycles. The van der Waals surface area contributed by atoms with E-state index in [9.17, 15) is 4.79 Å². The Bertz CT molecular complexity index is 1040. The molecule has 0 saturated carbocycles. The van der Waals surface area contributed by atoms with Crippen LogP contribution in [0.2, 0.25) is 0 Å². The van der Waals surface area contributed by atoms with Crippen molar-refractivity contribution in [1.29, 1.82) is 0 Å². The van der Waals surface area contributed by atoms with Crippen LogP contribution in [0.4, 0.5) is 17.2 Å². The van der Waals surface area contributed by atoms with Gasteiger partial charge in [-0.3, -0.25) is 4.79 Å². The van der Waals surface area contributed by atoms with Crippen LogP contribution in [0, 0.1) is 0 Å². The van der Waals surface area contributed by atoms with Gasteiger partial charge in [0.2, 0.25) is 6.41 Å². The zero-order valence-corrected chi connectivity index (χ0v) is 19.1. The molecule has 0 spiro atoms. The molecule has 160 valence electrons. The Kier molecular flexibility index (Phi) is 7.38. The number of aryl methyl sites for hydroxylation is 2. The van der Waals surface area contributed by atoms with Crippen molar-refractivity contribution in [1.82, 2.24) is 15.3 Å². The molecule has 0 atom stereocenters. The van der Waals surface area contributed by atoms with Gasteiger partial charge in [0.05, 0.1) is 18.2 Å². The minimum absolute atomic E-state index is 0.280. The number of rotatable bonds is 5. The van der Waals surface area contributed by atoms with E-state index in [1.807, 2.05) is 19.9 Å². The number of thiophene rings is 1. The van der Waals surface area contributed by atoms with Gasteiger partial charge in [-0.2, -0.15) is 0 Å². The molecule has 30 heavy (non-hydrogen) atoms. The average Bonchev–Trinajstić information content (AvgIpc) is 3.10. The van der Waals surface area contributed by atoms with E-state index in [4.69, 9.17) is 10.5 Å². The van der Waals surface area contributed by atoms with Gasteiger partial charge in [0.25, 0.3) is 0 Å². The SMILES string of the molecule is CC(C)NC=O.COc1cc(N)c(S)cc1Nc1ncnc2sc3c(c12)CCCC3. The van der Waals surface area contributed by atoms with Crippen molar-refractivity contribution in [3.63, 3.8) is 0 Å². The van der Waals surface area contributed by atoms with E-state index in [1.54, 1.807) is 30.8 Å². The normalized spacial score (nSPS) is 12.7. The number of benzene rings is 1. The molecule has 1 aliphatic rings. The first kappa shape index (κ1) is 22.2. The first-order valence-electron chi connectivity index (χ1n) is 9.83. The largest absolute Gasteiger partial charge is 0.494 e. The number of aromatic nitrogens is 2.